The van der Waals surface area contributed by atoms with E-state index < -0.39 is 5.41 Å². The Labute approximate surface area is 159 Å². The Morgan fingerprint density at radius 2 is 1.58 bits per heavy atom. The van der Waals surface area contributed by atoms with E-state index in [9.17, 15) is 4.79 Å². The molecule has 1 saturated heterocycles. The fourth-order valence-corrected chi connectivity index (χ4v) is 3.73. The zero-order chi connectivity index (χ0) is 16.3. The van der Waals surface area contributed by atoms with Crippen molar-refractivity contribution in [2.45, 2.75) is 24.8 Å². The van der Waals surface area contributed by atoms with Gasteiger partial charge in [0.1, 0.15) is 0 Å². The molecule has 2 nitrogen and oxygen atoms in total. The monoisotopic (exact) mass is 383 g/mol. The van der Waals surface area contributed by atoms with Gasteiger partial charge in [0.25, 0.3) is 0 Å². The maximum Gasteiger partial charge on any atom is 0.232 e. The second-order valence-electron chi connectivity index (χ2n) is 6.12. The Bertz CT molecular complexity index is 665. The fraction of sp³-hybridized carbons (Fsp3) is 0.316. The molecule has 1 aliphatic rings. The Balaban J connectivity index is 0.00000208. The van der Waals surface area contributed by atoms with Crippen LogP contribution in [-0.4, -0.2) is 23.2 Å². The van der Waals surface area contributed by atoms with E-state index in [4.69, 9.17) is 23.2 Å². The number of halogens is 3. The molecule has 0 radical (unpaired) electrons. The summed E-state index contributed by atoms with van der Waals surface area (Å²) < 4.78 is 0. The molecule has 0 saturated carbocycles. The van der Waals surface area contributed by atoms with Gasteiger partial charge in [0.15, 0.2) is 0 Å². The lowest BCUT2D eigenvalue weighted by Crippen LogP contribution is -2.45. The molecule has 1 aliphatic heterocycles. The lowest BCUT2D eigenvalue weighted by atomic mass is 9.74. The van der Waals surface area contributed by atoms with Crippen LogP contribution in [-0.2, 0) is 16.8 Å². The number of carbonyl (C=O) groups excluding carboxylic acids is 1. The van der Waals surface area contributed by atoms with Gasteiger partial charge in [-0.05, 0) is 60.8 Å². The van der Waals surface area contributed by atoms with E-state index >= 15 is 0 Å². The van der Waals surface area contributed by atoms with Crippen LogP contribution < -0.4 is 0 Å². The van der Waals surface area contributed by atoms with Crippen LogP contribution in [0, 0.1) is 0 Å². The van der Waals surface area contributed by atoms with Crippen molar-refractivity contribution in [2.24, 2.45) is 0 Å². The summed E-state index contributed by atoms with van der Waals surface area (Å²) in [5.74, 6) is 0. The fourth-order valence-electron chi connectivity index (χ4n) is 3.30. The minimum atomic E-state index is -0.584. The Kier molecular flexibility index (Phi) is 6.70. The third kappa shape index (κ3) is 4.12. The zero-order valence-electron chi connectivity index (χ0n) is 13.3. The molecule has 2 aromatic rings. The number of likely N-dealkylation sites (tertiary alicyclic amines) is 1. The average molecular weight is 385 g/mol. The van der Waals surface area contributed by atoms with Crippen molar-refractivity contribution in [3.8, 4) is 0 Å². The molecule has 0 N–H and O–H groups in total. The second-order valence-corrected chi connectivity index (χ2v) is 6.90. The van der Waals surface area contributed by atoms with E-state index in [-0.39, 0.29) is 17.6 Å². The Morgan fingerprint density at radius 1 is 1.00 bits per heavy atom. The first-order valence-electron chi connectivity index (χ1n) is 7.82. The molecule has 0 atom stereocenters. The van der Waals surface area contributed by atoms with Crippen molar-refractivity contribution in [3.05, 3.63) is 70.7 Å². The summed E-state index contributed by atoms with van der Waals surface area (Å²) in [7, 11) is 0. The number of rotatable bonds is 4. The SMILES string of the molecule is Cl.O=C(Cl)C1(c2ccc(Cl)cc2)CCN(Cc2ccccc2)CC1. The van der Waals surface area contributed by atoms with Gasteiger partial charge in [-0.1, -0.05) is 54.1 Å². The summed E-state index contributed by atoms with van der Waals surface area (Å²) in [4.78, 5) is 14.6. The maximum absolute atomic E-state index is 12.2. The summed E-state index contributed by atoms with van der Waals surface area (Å²) in [6.07, 6.45) is 1.48. The third-order valence-electron chi connectivity index (χ3n) is 4.73. The lowest BCUT2D eigenvalue weighted by Gasteiger charge is -2.39. The summed E-state index contributed by atoms with van der Waals surface area (Å²) in [5.41, 5.74) is 1.68. The van der Waals surface area contributed by atoms with Crippen LogP contribution >= 0.6 is 35.6 Å². The first-order valence-corrected chi connectivity index (χ1v) is 8.58. The summed E-state index contributed by atoms with van der Waals surface area (Å²) in [5, 5.41) is 0.409. The van der Waals surface area contributed by atoms with Gasteiger partial charge in [0, 0.05) is 11.6 Å². The van der Waals surface area contributed by atoms with Gasteiger partial charge in [-0.25, -0.2) is 0 Å². The summed E-state index contributed by atoms with van der Waals surface area (Å²) in [6.45, 7) is 2.62. The van der Waals surface area contributed by atoms with E-state index in [0.717, 1.165) is 38.0 Å². The van der Waals surface area contributed by atoms with E-state index in [1.165, 1.54) is 5.56 Å². The molecule has 128 valence electrons. The molecule has 0 unspecified atom stereocenters. The molecular formula is C19H20Cl3NO. The standard InChI is InChI=1S/C19H19Cl2NO.ClH/c20-17-8-6-16(7-9-17)19(18(21)23)10-12-22(13-11-19)14-15-4-2-1-3-5-15;/h1-9H,10-14H2;1H. The van der Waals surface area contributed by atoms with Crippen molar-refractivity contribution in [1.29, 1.82) is 0 Å². The molecule has 0 aromatic heterocycles. The molecule has 0 bridgehead atoms. The van der Waals surface area contributed by atoms with Crippen LogP contribution in [0.15, 0.2) is 54.6 Å². The van der Waals surface area contributed by atoms with Gasteiger partial charge < -0.3 is 0 Å². The highest BCUT2D eigenvalue weighted by Crippen LogP contribution is 2.38. The van der Waals surface area contributed by atoms with Crippen molar-refractivity contribution in [1.82, 2.24) is 4.90 Å². The van der Waals surface area contributed by atoms with E-state index in [1.54, 1.807) is 0 Å². The molecule has 5 heteroatoms. The topological polar surface area (TPSA) is 20.3 Å². The quantitative estimate of drug-likeness (QED) is 0.687. The largest absolute Gasteiger partial charge is 0.299 e. The minimum Gasteiger partial charge on any atom is -0.299 e. The average Bonchev–Trinajstić information content (AvgIpc) is 2.57. The number of benzene rings is 2. The van der Waals surface area contributed by atoms with Gasteiger partial charge in [-0.3, -0.25) is 9.69 Å². The van der Waals surface area contributed by atoms with Gasteiger partial charge in [0.05, 0.1) is 5.41 Å². The van der Waals surface area contributed by atoms with Crippen LogP contribution in [0.25, 0.3) is 0 Å². The number of piperidine rings is 1. The molecule has 0 amide bonds. The van der Waals surface area contributed by atoms with Gasteiger partial charge in [-0.15, -0.1) is 12.4 Å². The van der Waals surface area contributed by atoms with Gasteiger partial charge in [0.2, 0.25) is 5.24 Å². The van der Waals surface area contributed by atoms with Crippen molar-refractivity contribution >= 4 is 40.9 Å². The first kappa shape index (κ1) is 19.3. The number of hydrogen-bond acceptors (Lipinski definition) is 2. The molecule has 1 heterocycles. The van der Waals surface area contributed by atoms with E-state index in [2.05, 4.69) is 29.2 Å². The molecule has 24 heavy (non-hydrogen) atoms. The van der Waals surface area contributed by atoms with Crippen molar-refractivity contribution in [3.63, 3.8) is 0 Å². The van der Waals surface area contributed by atoms with Crippen LogP contribution in [0.1, 0.15) is 24.0 Å². The zero-order valence-corrected chi connectivity index (χ0v) is 15.6. The Hall–Kier alpha value is -1.06. The number of hydrogen-bond donors (Lipinski definition) is 0. The first-order chi connectivity index (χ1) is 11.1. The third-order valence-corrected chi connectivity index (χ3v) is 5.35. The highest BCUT2D eigenvalue weighted by atomic mass is 35.5. The number of carbonyl (C=O) groups is 1. The van der Waals surface area contributed by atoms with Crippen molar-refractivity contribution in [2.75, 3.05) is 13.1 Å². The molecule has 1 fully saturated rings. The van der Waals surface area contributed by atoms with Gasteiger partial charge in [-0.2, -0.15) is 0 Å². The molecule has 2 aromatic carbocycles. The smallest absolute Gasteiger partial charge is 0.232 e. The van der Waals surface area contributed by atoms with Crippen LogP contribution in [0.3, 0.4) is 0 Å². The summed E-state index contributed by atoms with van der Waals surface area (Å²) in [6, 6.07) is 17.9. The predicted octanol–water partition coefficient (Wildman–Crippen LogP) is 5.06. The van der Waals surface area contributed by atoms with Gasteiger partial charge >= 0.3 is 0 Å². The highest BCUT2D eigenvalue weighted by molar-refractivity contribution is 6.65. The normalized spacial score (nSPS) is 17.1. The van der Waals surface area contributed by atoms with Crippen LogP contribution in [0.2, 0.25) is 5.02 Å². The second kappa shape index (κ2) is 8.35. The van der Waals surface area contributed by atoms with Crippen LogP contribution in [0.5, 0.6) is 0 Å². The molecule has 0 aliphatic carbocycles. The highest BCUT2D eigenvalue weighted by Gasteiger charge is 2.41. The minimum absolute atomic E-state index is 0. The Morgan fingerprint density at radius 3 is 2.12 bits per heavy atom. The molecular weight excluding hydrogens is 365 g/mol. The van der Waals surface area contributed by atoms with Crippen LogP contribution in [0.4, 0.5) is 0 Å². The van der Waals surface area contributed by atoms with E-state index in [0.29, 0.717) is 5.02 Å². The summed E-state index contributed by atoms with van der Waals surface area (Å²) >= 11 is 12.0. The van der Waals surface area contributed by atoms with E-state index in [1.807, 2.05) is 30.3 Å². The predicted molar refractivity (Wildman–Crippen MR) is 102 cm³/mol. The lowest BCUT2D eigenvalue weighted by molar-refractivity contribution is -0.118. The maximum atomic E-state index is 12.2. The van der Waals surface area contributed by atoms with Crippen molar-refractivity contribution < 1.29 is 4.79 Å². The molecule has 0 spiro atoms. The number of nitrogens with zero attached hydrogens (tertiary/aromatic N) is 1. The molecule has 3 rings (SSSR count).